The van der Waals surface area contributed by atoms with Gasteiger partial charge in [-0.15, -0.1) is 0 Å². The van der Waals surface area contributed by atoms with Gasteiger partial charge in [0.15, 0.2) is 5.58 Å². The van der Waals surface area contributed by atoms with Crippen LogP contribution in [0, 0.1) is 0 Å². The lowest BCUT2D eigenvalue weighted by Gasteiger charge is -1.96. The number of aromatic nitrogens is 2. The monoisotopic (exact) mass is 314 g/mol. The lowest BCUT2D eigenvalue weighted by Crippen LogP contribution is -1.79. The number of pyridine rings is 1. The Hall–Kier alpha value is -2.10. The molecule has 0 saturated carbocycles. The Kier molecular flexibility index (Phi) is 2.84. The van der Waals surface area contributed by atoms with Gasteiger partial charge in [-0.3, -0.25) is 4.98 Å². The van der Waals surface area contributed by atoms with Crippen molar-refractivity contribution in [1.82, 2.24) is 9.97 Å². The van der Waals surface area contributed by atoms with Crippen LogP contribution in [0.5, 0.6) is 0 Å². The first-order chi connectivity index (χ1) is 10.2. The Bertz CT molecular complexity index is 961. The van der Waals surface area contributed by atoms with Gasteiger partial charge >= 0.3 is 0 Å². The molecule has 4 aromatic rings. The fourth-order valence-corrected chi connectivity index (χ4v) is 2.53. The van der Waals surface area contributed by atoms with Crippen LogP contribution in [-0.4, -0.2) is 9.97 Å². The number of hydrogen-bond donors (Lipinski definition) is 0. The molecule has 0 amide bonds. The van der Waals surface area contributed by atoms with Gasteiger partial charge in [-0.2, -0.15) is 0 Å². The molecule has 2 aromatic heterocycles. The number of fused-ring (bicyclic) bond motifs is 2. The third kappa shape index (κ3) is 2.24. The van der Waals surface area contributed by atoms with E-state index in [1.165, 1.54) is 0 Å². The van der Waals surface area contributed by atoms with Gasteiger partial charge in [-0.05, 0) is 36.4 Å². The molecule has 0 N–H and O–H groups in total. The molecule has 0 radical (unpaired) electrons. The third-order valence-corrected chi connectivity index (χ3v) is 3.71. The summed E-state index contributed by atoms with van der Waals surface area (Å²) in [6, 6.07) is 13.0. The van der Waals surface area contributed by atoms with E-state index in [0.717, 1.165) is 22.0 Å². The standard InChI is InChI=1S/C16H8Cl2N2O/c17-11-3-1-9(2-4-11)16-20-14-6-10-5-12(18)8-19-13(10)7-15(14)21-16/h1-8H. The summed E-state index contributed by atoms with van der Waals surface area (Å²) in [4.78, 5) is 8.80. The van der Waals surface area contributed by atoms with E-state index in [4.69, 9.17) is 27.6 Å². The van der Waals surface area contributed by atoms with Crippen LogP contribution in [-0.2, 0) is 0 Å². The Morgan fingerprint density at radius 1 is 0.857 bits per heavy atom. The summed E-state index contributed by atoms with van der Waals surface area (Å²) in [6.45, 7) is 0. The van der Waals surface area contributed by atoms with Crippen LogP contribution < -0.4 is 0 Å². The van der Waals surface area contributed by atoms with E-state index >= 15 is 0 Å². The molecule has 0 spiro atoms. The van der Waals surface area contributed by atoms with Gasteiger partial charge < -0.3 is 4.42 Å². The van der Waals surface area contributed by atoms with Crippen molar-refractivity contribution in [2.75, 3.05) is 0 Å². The van der Waals surface area contributed by atoms with Gasteiger partial charge in [0.25, 0.3) is 0 Å². The Balaban J connectivity index is 1.92. The average Bonchev–Trinajstić information content (AvgIpc) is 2.88. The van der Waals surface area contributed by atoms with E-state index in [1.807, 2.05) is 42.5 Å². The minimum Gasteiger partial charge on any atom is -0.436 e. The van der Waals surface area contributed by atoms with Crippen molar-refractivity contribution < 1.29 is 4.42 Å². The Morgan fingerprint density at radius 2 is 1.67 bits per heavy atom. The van der Waals surface area contributed by atoms with E-state index in [2.05, 4.69) is 9.97 Å². The van der Waals surface area contributed by atoms with Crippen LogP contribution >= 0.6 is 23.2 Å². The number of rotatable bonds is 1. The maximum absolute atomic E-state index is 5.97. The summed E-state index contributed by atoms with van der Waals surface area (Å²) in [6.07, 6.45) is 1.62. The molecule has 0 aliphatic carbocycles. The minimum absolute atomic E-state index is 0.558. The normalized spacial score (nSPS) is 11.3. The smallest absolute Gasteiger partial charge is 0.227 e. The third-order valence-electron chi connectivity index (χ3n) is 3.25. The number of oxazole rings is 1. The Labute approximate surface area is 130 Å². The summed E-state index contributed by atoms with van der Waals surface area (Å²) >= 11 is 11.9. The highest BCUT2D eigenvalue weighted by molar-refractivity contribution is 6.31. The van der Waals surface area contributed by atoms with Crippen LogP contribution in [0.4, 0.5) is 0 Å². The molecular formula is C16H8Cl2N2O. The predicted octanol–water partition coefficient (Wildman–Crippen LogP) is 5.35. The van der Waals surface area contributed by atoms with Gasteiger partial charge in [0.2, 0.25) is 5.89 Å². The zero-order valence-electron chi connectivity index (χ0n) is 10.7. The Morgan fingerprint density at radius 3 is 2.48 bits per heavy atom. The number of nitrogens with zero attached hydrogens (tertiary/aromatic N) is 2. The molecule has 0 bridgehead atoms. The van der Waals surface area contributed by atoms with Crippen molar-refractivity contribution in [2.45, 2.75) is 0 Å². The summed E-state index contributed by atoms with van der Waals surface area (Å²) in [7, 11) is 0. The van der Waals surface area contributed by atoms with Crippen molar-refractivity contribution in [3.63, 3.8) is 0 Å². The van der Waals surface area contributed by atoms with Crippen molar-refractivity contribution in [3.05, 3.63) is 58.7 Å². The maximum atomic E-state index is 5.97. The molecule has 0 atom stereocenters. The number of halogens is 2. The highest BCUT2D eigenvalue weighted by Crippen LogP contribution is 2.28. The highest BCUT2D eigenvalue weighted by atomic mass is 35.5. The molecule has 0 unspecified atom stereocenters. The van der Waals surface area contributed by atoms with Crippen LogP contribution in [0.3, 0.4) is 0 Å². The van der Waals surface area contributed by atoms with E-state index in [1.54, 1.807) is 6.20 Å². The van der Waals surface area contributed by atoms with E-state index in [9.17, 15) is 0 Å². The van der Waals surface area contributed by atoms with Crippen molar-refractivity contribution in [1.29, 1.82) is 0 Å². The molecule has 21 heavy (non-hydrogen) atoms. The molecule has 0 aliphatic heterocycles. The fraction of sp³-hybridized carbons (Fsp3) is 0. The maximum Gasteiger partial charge on any atom is 0.227 e. The zero-order chi connectivity index (χ0) is 14.4. The summed E-state index contributed by atoms with van der Waals surface area (Å²) in [5.74, 6) is 0.558. The molecular weight excluding hydrogens is 307 g/mol. The molecule has 3 nitrogen and oxygen atoms in total. The quantitative estimate of drug-likeness (QED) is 0.475. The number of benzene rings is 2. The van der Waals surface area contributed by atoms with Gasteiger partial charge in [-0.25, -0.2) is 4.98 Å². The van der Waals surface area contributed by atoms with Crippen LogP contribution in [0.25, 0.3) is 33.5 Å². The van der Waals surface area contributed by atoms with Crippen molar-refractivity contribution in [3.8, 4) is 11.5 Å². The van der Waals surface area contributed by atoms with Gasteiger partial charge in [-0.1, -0.05) is 23.2 Å². The SMILES string of the molecule is Clc1ccc(-c2nc3cc4cc(Cl)cnc4cc3o2)cc1. The first-order valence-electron chi connectivity index (χ1n) is 6.31. The molecule has 102 valence electrons. The fourth-order valence-electron chi connectivity index (χ4n) is 2.24. The van der Waals surface area contributed by atoms with Gasteiger partial charge in [0, 0.05) is 28.2 Å². The molecule has 5 heteroatoms. The predicted molar refractivity (Wildman–Crippen MR) is 84.8 cm³/mol. The molecule has 4 rings (SSSR count). The van der Waals surface area contributed by atoms with Gasteiger partial charge in [0.1, 0.15) is 5.52 Å². The second-order valence-electron chi connectivity index (χ2n) is 4.69. The molecule has 2 aromatic carbocycles. The summed E-state index contributed by atoms with van der Waals surface area (Å²) < 4.78 is 5.81. The zero-order valence-corrected chi connectivity index (χ0v) is 12.2. The number of hydrogen-bond acceptors (Lipinski definition) is 3. The van der Waals surface area contributed by atoms with Crippen molar-refractivity contribution in [2.24, 2.45) is 0 Å². The van der Waals surface area contributed by atoms with E-state index in [-0.39, 0.29) is 0 Å². The van der Waals surface area contributed by atoms with E-state index in [0.29, 0.717) is 21.5 Å². The highest BCUT2D eigenvalue weighted by Gasteiger charge is 2.10. The first kappa shape index (κ1) is 12.6. The molecule has 0 fully saturated rings. The van der Waals surface area contributed by atoms with Crippen LogP contribution in [0.15, 0.2) is 53.1 Å². The van der Waals surface area contributed by atoms with Crippen molar-refractivity contribution >= 4 is 45.2 Å². The summed E-state index contributed by atoms with van der Waals surface area (Å²) in [5.41, 5.74) is 3.18. The molecule has 0 aliphatic rings. The topological polar surface area (TPSA) is 38.9 Å². The molecule has 0 saturated heterocycles. The van der Waals surface area contributed by atoms with Crippen LogP contribution in [0.2, 0.25) is 10.0 Å². The average molecular weight is 315 g/mol. The van der Waals surface area contributed by atoms with Crippen LogP contribution in [0.1, 0.15) is 0 Å². The molecule has 2 heterocycles. The minimum atomic E-state index is 0.558. The largest absolute Gasteiger partial charge is 0.436 e. The lowest BCUT2D eigenvalue weighted by molar-refractivity contribution is 0.620. The second kappa shape index (κ2) is 4.72. The second-order valence-corrected chi connectivity index (χ2v) is 5.56. The first-order valence-corrected chi connectivity index (χ1v) is 7.06. The summed E-state index contributed by atoms with van der Waals surface area (Å²) in [5, 5.41) is 2.22. The van der Waals surface area contributed by atoms with Gasteiger partial charge in [0.05, 0.1) is 10.5 Å². The lowest BCUT2D eigenvalue weighted by atomic mass is 10.2. The van der Waals surface area contributed by atoms with E-state index < -0.39 is 0 Å².